The molecule has 4 rings (SSSR count). The average Bonchev–Trinajstić information content (AvgIpc) is 3.17. The molecular weight excluding hydrogens is 343 g/mol. The molecule has 6 heteroatoms. The maximum absolute atomic E-state index is 13.2. The lowest BCUT2D eigenvalue weighted by Crippen LogP contribution is -2.46. The van der Waals surface area contributed by atoms with E-state index in [1.165, 1.54) is 12.1 Å². The molecule has 0 unspecified atom stereocenters. The zero-order valence-corrected chi connectivity index (χ0v) is 15.4. The van der Waals surface area contributed by atoms with E-state index in [0.717, 1.165) is 61.0 Å². The van der Waals surface area contributed by atoms with Gasteiger partial charge in [0.1, 0.15) is 11.6 Å². The second-order valence-electron chi connectivity index (χ2n) is 6.71. The normalized spacial score (nSPS) is 15.1. The average molecular weight is 366 g/mol. The van der Waals surface area contributed by atoms with Gasteiger partial charge in [0.15, 0.2) is 0 Å². The summed E-state index contributed by atoms with van der Waals surface area (Å²) in [5.74, 6) is 0.687. The van der Waals surface area contributed by atoms with Gasteiger partial charge in [-0.2, -0.15) is 5.10 Å². The van der Waals surface area contributed by atoms with Gasteiger partial charge in [0.25, 0.3) is 0 Å². The molecule has 0 bridgehead atoms. The Morgan fingerprint density at radius 3 is 2.52 bits per heavy atom. The summed E-state index contributed by atoms with van der Waals surface area (Å²) in [6, 6.07) is 14.7. The van der Waals surface area contributed by atoms with Gasteiger partial charge in [-0.3, -0.25) is 10.00 Å². The molecule has 0 spiro atoms. The summed E-state index contributed by atoms with van der Waals surface area (Å²) in [6.45, 7) is 4.65. The molecule has 1 aliphatic rings. The minimum absolute atomic E-state index is 0.229. The van der Waals surface area contributed by atoms with Gasteiger partial charge in [-0.15, -0.1) is 0 Å². The predicted octanol–water partition coefficient (Wildman–Crippen LogP) is 3.55. The van der Waals surface area contributed by atoms with Crippen molar-refractivity contribution >= 4 is 5.69 Å². The number of aromatic amines is 1. The van der Waals surface area contributed by atoms with Gasteiger partial charge in [-0.05, 0) is 36.4 Å². The molecule has 1 saturated heterocycles. The van der Waals surface area contributed by atoms with Crippen LogP contribution in [0, 0.1) is 5.82 Å². The van der Waals surface area contributed by atoms with E-state index in [1.807, 2.05) is 24.4 Å². The molecule has 1 aliphatic heterocycles. The molecule has 0 saturated carbocycles. The molecule has 0 aliphatic carbocycles. The highest BCUT2D eigenvalue weighted by Crippen LogP contribution is 2.29. The van der Waals surface area contributed by atoms with E-state index in [0.29, 0.717) is 0 Å². The molecule has 2 aromatic carbocycles. The Bertz CT molecular complexity index is 885. The second-order valence-corrected chi connectivity index (χ2v) is 6.71. The first-order chi connectivity index (χ1) is 13.2. The van der Waals surface area contributed by atoms with Gasteiger partial charge >= 0.3 is 0 Å². The molecule has 0 radical (unpaired) electrons. The SMILES string of the molecule is COc1ccccc1N1CCN(Cc2cn[nH]c2-c2ccc(F)cc2)CC1. The Labute approximate surface area is 158 Å². The highest BCUT2D eigenvalue weighted by molar-refractivity contribution is 5.62. The van der Waals surface area contributed by atoms with Crippen LogP contribution in [0.4, 0.5) is 10.1 Å². The maximum Gasteiger partial charge on any atom is 0.142 e. The fourth-order valence-corrected chi connectivity index (χ4v) is 3.58. The minimum Gasteiger partial charge on any atom is -0.495 e. The molecule has 1 aromatic heterocycles. The van der Waals surface area contributed by atoms with E-state index in [-0.39, 0.29) is 5.82 Å². The van der Waals surface area contributed by atoms with Crippen LogP contribution in [0.25, 0.3) is 11.3 Å². The summed E-state index contributed by atoms with van der Waals surface area (Å²) >= 11 is 0. The van der Waals surface area contributed by atoms with Crippen molar-refractivity contribution in [2.24, 2.45) is 0 Å². The summed E-state index contributed by atoms with van der Waals surface area (Å²) in [7, 11) is 1.71. The first kappa shape index (κ1) is 17.5. The van der Waals surface area contributed by atoms with Gasteiger partial charge in [0.2, 0.25) is 0 Å². The summed E-state index contributed by atoms with van der Waals surface area (Å²) in [5.41, 5.74) is 4.20. The number of anilines is 1. The van der Waals surface area contributed by atoms with Crippen LogP contribution in [-0.2, 0) is 6.54 Å². The standard InChI is InChI=1S/C21H23FN4O/c1-27-20-5-3-2-4-19(20)26-12-10-25(11-13-26)15-17-14-23-24-21(17)16-6-8-18(22)9-7-16/h2-9,14H,10-13,15H2,1H3,(H,23,24). The van der Waals surface area contributed by atoms with Gasteiger partial charge in [0.05, 0.1) is 24.7 Å². The molecule has 5 nitrogen and oxygen atoms in total. The number of nitrogens with zero attached hydrogens (tertiary/aromatic N) is 3. The van der Waals surface area contributed by atoms with Crippen molar-refractivity contribution < 1.29 is 9.13 Å². The third-order valence-electron chi connectivity index (χ3n) is 5.04. The number of hydrogen-bond acceptors (Lipinski definition) is 4. The van der Waals surface area contributed by atoms with E-state index < -0.39 is 0 Å². The van der Waals surface area contributed by atoms with Crippen LogP contribution < -0.4 is 9.64 Å². The zero-order valence-electron chi connectivity index (χ0n) is 15.4. The fraction of sp³-hybridized carbons (Fsp3) is 0.286. The lowest BCUT2D eigenvalue weighted by molar-refractivity contribution is 0.249. The van der Waals surface area contributed by atoms with Gasteiger partial charge in [0, 0.05) is 43.9 Å². The smallest absolute Gasteiger partial charge is 0.142 e. The molecule has 0 amide bonds. The first-order valence-corrected chi connectivity index (χ1v) is 9.13. The third kappa shape index (κ3) is 3.80. The Morgan fingerprint density at radius 1 is 1.04 bits per heavy atom. The molecular formula is C21H23FN4O. The number of halogens is 1. The van der Waals surface area contributed by atoms with Crippen LogP contribution >= 0.6 is 0 Å². The van der Waals surface area contributed by atoms with E-state index >= 15 is 0 Å². The zero-order chi connectivity index (χ0) is 18.6. The van der Waals surface area contributed by atoms with Crippen molar-refractivity contribution in [3.8, 4) is 17.0 Å². The van der Waals surface area contributed by atoms with Crippen LogP contribution in [0.3, 0.4) is 0 Å². The number of methoxy groups -OCH3 is 1. The molecule has 1 fully saturated rings. The number of benzene rings is 2. The lowest BCUT2D eigenvalue weighted by Gasteiger charge is -2.36. The van der Waals surface area contributed by atoms with Crippen molar-refractivity contribution in [3.63, 3.8) is 0 Å². The number of piperazine rings is 1. The van der Waals surface area contributed by atoms with Crippen molar-refractivity contribution in [3.05, 3.63) is 66.1 Å². The van der Waals surface area contributed by atoms with Gasteiger partial charge in [-0.25, -0.2) is 4.39 Å². The molecule has 2 heterocycles. The lowest BCUT2D eigenvalue weighted by atomic mass is 10.1. The fourth-order valence-electron chi connectivity index (χ4n) is 3.58. The number of para-hydroxylation sites is 2. The van der Waals surface area contributed by atoms with Crippen molar-refractivity contribution in [1.29, 1.82) is 0 Å². The van der Waals surface area contributed by atoms with E-state index in [1.54, 1.807) is 19.2 Å². The summed E-state index contributed by atoms with van der Waals surface area (Å²) in [4.78, 5) is 4.79. The van der Waals surface area contributed by atoms with Crippen LogP contribution in [0.15, 0.2) is 54.7 Å². The molecule has 0 atom stereocenters. The topological polar surface area (TPSA) is 44.4 Å². The summed E-state index contributed by atoms with van der Waals surface area (Å²) in [6.07, 6.45) is 1.87. The summed E-state index contributed by atoms with van der Waals surface area (Å²) < 4.78 is 18.7. The summed E-state index contributed by atoms with van der Waals surface area (Å²) in [5, 5.41) is 7.25. The Balaban J connectivity index is 1.42. The van der Waals surface area contributed by atoms with Crippen molar-refractivity contribution in [1.82, 2.24) is 15.1 Å². The monoisotopic (exact) mass is 366 g/mol. The Kier molecular flexibility index (Phi) is 5.07. The van der Waals surface area contributed by atoms with E-state index in [2.05, 4.69) is 26.1 Å². The van der Waals surface area contributed by atoms with Crippen LogP contribution in [0.1, 0.15) is 5.56 Å². The van der Waals surface area contributed by atoms with E-state index in [4.69, 9.17) is 4.74 Å². The number of rotatable bonds is 5. The number of nitrogens with one attached hydrogen (secondary N) is 1. The predicted molar refractivity (Wildman–Crippen MR) is 104 cm³/mol. The largest absolute Gasteiger partial charge is 0.495 e. The highest BCUT2D eigenvalue weighted by Gasteiger charge is 2.21. The number of H-pyrrole nitrogens is 1. The Morgan fingerprint density at radius 2 is 1.78 bits per heavy atom. The van der Waals surface area contributed by atoms with Crippen LogP contribution in [0.2, 0.25) is 0 Å². The van der Waals surface area contributed by atoms with Crippen LogP contribution in [0.5, 0.6) is 5.75 Å². The maximum atomic E-state index is 13.2. The number of aromatic nitrogens is 2. The Hall–Kier alpha value is -2.86. The minimum atomic E-state index is -0.229. The second kappa shape index (κ2) is 7.80. The van der Waals surface area contributed by atoms with Gasteiger partial charge < -0.3 is 9.64 Å². The molecule has 3 aromatic rings. The molecule has 1 N–H and O–H groups in total. The van der Waals surface area contributed by atoms with Gasteiger partial charge in [-0.1, -0.05) is 12.1 Å². The molecule has 140 valence electrons. The van der Waals surface area contributed by atoms with Crippen molar-refractivity contribution in [2.75, 3.05) is 38.2 Å². The first-order valence-electron chi connectivity index (χ1n) is 9.13. The number of ether oxygens (including phenoxy) is 1. The van der Waals surface area contributed by atoms with Crippen LogP contribution in [-0.4, -0.2) is 48.4 Å². The van der Waals surface area contributed by atoms with Crippen molar-refractivity contribution in [2.45, 2.75) is 6.54 Å². The highest BCUT2D eigenvalue weighted by atomic mass is 19.1. The molecule has 27 heavy (non-hydrogen) atoms. The third-order valence-corrected chi connectivity index (χ3v) is 5.04. The van der Waals surface area contributed by atoms with E-state index in [9.17, 15) is 4.39 Å². The number of hydrogen-bond donors (Lipinski definition) is 1. The quantitative estimate of drug-likeness (QED) is 0.750.